The van der Waals surface area contributed by atoms with Gasteiger partial charge in [-0.25, -0.2) is 0 Å². The molecule has 4 rings (SSSR count). The van der Waals surface area contributed by atoms with Crippen molar-refractivity contribution in [2.24, 2.45) is 11.8 Å². The largest absolute Gasteiger partial charge is 0.469 e. The van der Waals surface area contributed by atoms with Gasteiger partial charge in [0, 0.05) is 13.1 Å². The van der Waals surface area contributed by atoms with E-state index in [1.54, 1.807) is 0 Å². The SMILES string of the molecule is COC(=O)[C@H]1[C@H](N(Cc2ccccc2)C(C(=O)NCc2ccccc2)C(C)C)[C@@H]2C=C[C@H]1O2. The van der Waals surface area contributed by atoms with Crippen LogP contribution in [0.5, 0.6) is 0 Å². The summed E-state index contributed by atoms with van der Waals surface area (Å²) in [6, 6.07) is 19.2. The number of carbonyl (C=O) groups is 2. The van der Waals surface area contributed by atoms with Crippen LogP contribution in [-0.4, -0.2) is 48.2 Å². The number of nitrogens with one attached hydrogen (secondary N) is 1. The Morgan fingerprint density at radius 3 is 2.18 bits per heavy atom. The van der Waals surface area contributed by atoms with E-state index < -0.39 is 12.0 Å². The third-order valence-electron chi connectivity index (χ3n) is 6.49. The van der Waals surface area contributed by atoms with E-state index in [-0.39, 0.29) is 36.0 Å². The maximum absolute atomic E-state index is 13.6. The standard InChI is InChI=1S/C27H32N2O4/c1-18(2)24(26(30)28-16-19-10-6-4-7-11-19)29(17-20-12-8-5-9-13-20)25-22-15-14-21(33-22)23(25)27(31)32-3/h4-15,18,21-25H,16-17H2,1-3H3,(H,28,30)/t21-,22+,23-,24?,25-/m1/s1. The highest BCUT2D eigenvalue weighted by Gasteiger charge is 2.54. The Balaban J connectivity index is 1.65. The number of hydrogen-bond donors (Lipinski definition) is 1. The van der Waals surface area contributed by atoms with Crippen LogP contribution in [0.2, 0.25) is 0 Å². The van der Waals surface area contributed by atoms with E-state index in [2.05, 4.69) is 10.2 Å². The van der Waals surface area contributed by atoms with Crippen molar-refractivity contribution in [3.8, 4) is 0 Å². The fraction of sp³-hybridized carbons (Fsp3) is 0.407. The molecular weight excluding hydrogens is 416 g/mol. The molecule has 0 aromatic heterocycles. The van der Waals surface area contributed by atoms with Crippen molar-refractivity contribution in [1.29, 1.82) is 0 Å². The van der Waals surface area contributed by atoms with Crippen molar-refractivity contribution in [1.82, 2.24) is 10.2 Å². The number of methoxy groups -OCH3 is 1. The van der Waals surface area contributed by atoms with Gasteiger partial charge in [0.05, 0.1) is 31.4 Å². The van der Waals surface area contributed by atoms with Gasteiger partial charge < -0.3 is 14.8 Å². The van der Waals surface area contributed by atoms with E-state index in [0.29, 0.717) is 13.1 Å². The van der Waals surface area contributed by atoms with Gasteiger partial charge in [-0.3, -0.25) is 14.5 Å². The first kappa shape index (κ1) is 23.2. The fourth-order valence-corrected chi connectivity index (χ4v) is 5.00. The second kappa shape index (κ2) is 10.3. The summed E-state index contributed by atoms with van der Waals surface area (Å²) in [7, 11) is 1.41. The summed E-state index contributed by atoms with van der Waals surface area (Å²) in [6.07, 6.45) is 3.35. The maximum Gasteiger partial charge on any atom is 0.313 e. The van der Waals surface area contributed by atoms with Crippen LogP contribution in [0.1, 0.15) is 25.0 Å². The quantitative estimate of drug-likeness (QED) is 0.471. The first-order valence-corrected chi connectivity index (χ1v) is 11.5. The normalized spacial score (nSPS) is 24.3. The molecule has 0 radical (unpaired) electrons. The smallest absolute Gasteiger partial charge is 0.313 e. The second-order valence-corrected chi connectivity index (χ2v) is 9.04. The summed E-state index contributed by atoms with van der Waals surface area (Å²) in [5, 5.41) is 3.12. The lowest BCUT2D eigenvalue weighted by atomic mass is 9.85. The van der Waals surface area contributed by atoms with E-state index in [1.807, 2.05) is 86.7 Å². The van der Waals surface area contributed by atoms with E-state index in [1.165, 1.54) is 7.11 Å². The molecule has 1 fully saturated rings. The lowest BCUT2D eigenvalue weighted by Crippen LogP contribution is -2.58. The lowest BCUT2D eigenvalue weighted by Gasteiger charge is -2.41. The molecule has 1 amide bonds. The van der Waals surface area contributed by atoms with Crippen LogP contribution in [0.25, 0.3) is 0 Å². The Morgan fingerprint density at radius 1 is 0.970 bits per heavy atom. The predicted octanol–water partition coefficient (Wildman–Crippen LogP) is 3.32. The minimum atomic E-state index is -0.475. The molecule has 33 heavy (non-hydrogen) atoms. The molecule has 6 heteroatoms. The van der Waals surface area contributed by atoms with Crippen LogP contribution in [0.15, 0.2) is 72.8 Å². The van der Waals surface area contributed by atoms with Gasteiger partial charge in [-0.2, -0.15) is 0 Å². The molecule has 2 aliphatic rings. The molecule has 1 N–H and O–H groups in total. The average Bonchev–Trinajstić information content (AvgIpc) is 3.45. The minimum Gasteiger partial charge on any atom is -0.469 e. The number of fused-ring (bicyclic) bond motifs is 2. The molecule has 2 heterocycles. The minimum absolute atomic E-state index is 0.0193. The number of nitrogens with zero attached hydrogens (tertiary/aromatic N) is 1. The van der Waals surface area contributed by atoms with Gasteiger partial charge in [-0.1, -0.05) is 86.7 Å². The topological polar surface area (TPSA) is 67.9 Å². The van der Waals surface area contributed by atoms with Gasteiger partial charge in [-0.15, -0.1) is 0 Å². The fourth-order valence-electron chi connectivity index (χ4n) is 5.00. The first-order valence-electron chi connectivity index (χ1n) is 11.5. The molecule has 0 saturated carbocycles. The third kappa shape index (κ3) is 5.02. The van der Waals surface area contributed by atoms with Crippen molar-refractivity contribution in [2.75, 3.05) is 7.11 Å². The van der Waals surface area contributed by atoms with Crippen LogP contribution in [-0.2, 0) is 32.2 Å². The average molecular weight is 449 g/mol. The summed E-state index contributed by atoms with van der Waals surface area (Å²) in [5.41, 5.74) is 2.12. The van der Waals surface area contributed by atoms with Gasteiger partial charge >= 0.3 is 5.97 Å². The van der Waals surface area contributed by atoms with E-state index in [0.717, 1.165) is 11.1 Å². The number of rotatable bonds is 9. The zero-order valence-corrected chi connectivity index (χ0v) is 19.4. The number of esters is 1. The molecule has 2 aromatic rings. The molecule has 2 bridgehead atoms. The predicted molar refractivity (Wildman–Crippen MR) is 126 cm³/mol. The summed E-state index contributed by atoms with van der Waals surface area (Å²) in [6.45, 7) is 5.07. The summed E-state index contributed by atoms with van der Waals surface area (Å²) in [4.78, 5) is 28.5. The Labute approximate surface area is 195 Å². The Kier molecular flexibility index (Phi) is 7.26. The molecule has 0 spiro atoms. The summed E-state index contributed by atoms with van der Waals surface area (Å²) in [5.74, 6) is -0.815. The van der Waals surface area contributed by atoms with Gasteiger partial charge in [0.1, 0.15) is 5.92 Å². The molecule has 1 unspecified atom stereocenters. The maximum atomic E-state index is 13.6. The van der Waals surface area contributed by atoms with Crippen molar-refractivity contribution < 1.29 is 19.1 Å². The highest BCUT2D eigenvalue weighted by Crippen LogP contribution is 2.40. The molecule has 0 aliphatic carbocycles. The van der Waals surface area contributed by atoms with Gasteiger partial charge in [0.25, 0.3) is 0 Å². The van der Waals surface area contributed by atoms with Crippen molar-refractivity contribution in [3.05, 3.63) is 83.9 Å². The molecule has 1 saturated heterocycles. The van der Waals surface area contributed by atoms with Crippen LogP contribution >= 0.6 is 0 Å². The zero-order chi connectivity index (χ0) is 23.4. The number of amides is 1. The number of carbonyl (C=O) groups excluding carboxylic acids is 2. The van der Waals surface area contributed by atoms with E-state index in [4.69, 9.17) is 9.47 Å². The molecule has 6 nitrogen and oxygen atoms in total. The van der Waals surface area contributed by atoms with Gasteiger partial charge in [-0.05, 0) is 17.0 Å². The van der Waals surface area contributed by atoms with Crippen molar-refractivity contribution in [3.63, 3.8) is 0 Å². The van der Waals surface area contributed by atoms with Crippen LogP contribution in [0, 0.1) is 11.8 Å². The van der Waals surface area contributed by atoms with Gasteiger partial charge in [0.2, 0.25) is 5.91 Å². The second-order valence-electron chi connectivity index (χ2n) is 9.04. The number of benzene rings is 2. The molecule has 2 aromatic carbocycles. The van der Waals surface area contributed by atoms with Crippen molar-refractivity contribution >= 4 is 11.9 Å². The Bertz CT molecular complexity index is 976. The van der Waals surface area contributed by atoms with Crippen LogP contribution in [0.3, 0.4) is 0 Å². The van der Waals surface area contributed by atoms with Gasteiger partial charge in [0.15, 0.2) is 0 Å². The Morgan fingerprint density at radius 2 is 1.58 bits per heavy atom. The van der Waals surface area contributed by atoms with Crippen molar-refractivity contribution in [2.45, 2.75) is 51.2 Å². The number of ether oxygens (including phenoxy) is 2. The highest BCUT2D eigenvalue weighted by atomic mass is 16.5. The molecular formula is C27H32N2O4. The van der Waals surface area contributed by atoms with Crippen LogP contribution < -0.4 is 5.32 Å². The Hall–Kier alpha value is -2.96. The third-order valence-corrected chi connectivity index (χ3v) is 6.49. The zero-order valence-electron chi connectivity index (χ0n) is 19.4. The first-order chi connectivity index (χ1) is 16.0. The highest BCUT2D eigenvalue weighted by molar-refractivity contribution is 5.82. The van der Waals surface area contributed by atoms with E-state index in [9.17, 15) is 9.59 Å². The number of hydrogen-bond acceptors (Lipinski definition) is 5. The summed E-state index contributed by atoms with van der Waals surface area (Å²) < 4.78 is 11.2. The molecule has 2 aliphatic heterocycles. The molecule has 5 atom stereocenters. The monoisotopic (exact) mass is 448 g/mol. The summed E-state index contributed by atoms with van der Waals surface area (Å²) >= 11 is 0. The lowest BCUT2D eigenvalue weighted by molar-refractivity contribution is -0.150. The van der Waals surface area contributed by atoms with E-state index >= 15 is 0 Å². The van der Waals surface area contributed by atoms with Crippen LogP contribution in [0.4, 0.5) is 0 Å². The molecule has 174 valence electrons.